The lowest BCUT2D eigenvalue weighted by molar-refractivity contribution is 0.0691. The van der Waals surface area contributed by atoms with Gasteiger partial charge in [0.05, 0.1) is 6.61 Å². The molecule has 86 valence electrons. The second kappa shape index (κ2) is 4.45. The van der Waals surface area contributed by atoms with Crippen molar-refractivity contribution in [3.63, 3.8) is 0 Å². The molecule has 1 fully saturated rings. The van der Waals surface area contributed by atoms with Crippen molar-refractivity contribution in [2.24, 2.45) is 5.92 Å². The van der Waals surface area contributed by atoms with E-state index in [-0.39, 0.29) is 5.56 Å². The Kier molecular flexibility index (Phi) is 3.19. The van der Waals surface area contributed by atoms with Crippen LogP contribution in [0.4, 0.5) is 0 Å². The van der Waals surface area contributed by atoms with E-state index in [2.05, 4.69) is 15.9 Å². The molecule has 0 spiro atoms. The largest absolute Gasteiger partial charge is 0.492 e. The molecule has 16 heavy (non-hydrogen) atoms. The number of hydrogen-bond donors (Lipinski definition) is 1. The lowest BCUT2D eigenvalue weighted by Crippen LogP contribution is -2.07. The lowest BCUT2D eigenvalue weighted by atomic mass is 10.1. The highest BCUT2D eigenvalue weighted by Crippen LogP contribution is 2.33. The van der Waals surface area contributed by atoms with Gasteiger partial charge >= 0.3 is 5.97 Å². The maximum atomic E-state index is 11.1. The van der Waals surface area contributed by atoms with Crippen molar-refractivity contribution >= 4 is 21.9 Å². The third-order valence-electron chi connectivity index (χ3n) is 2.63. The highest BCUT2D eigenvalue weighted by Gasteiger charge is 2.23. The van der Waals surface area contributed by atoms with Gasteiger partial charge in [-0.05, 0) is 43.4 Å². The number of aryl methyl sites for hydroxylation is 1. The molecule has 1 saturated carbocycles. The fourth-order valence-electron chi connectivity index (χ4n) is 1.57. The monoisotopic (exact) mass is 284 g/mol. The first-order valence-corrected chi connectivity index (χ1v) is 6.03. The van der Waals surface area contributed by atoms with Gasteiger partial charge in [0.1, 0.15) is 11.3 Å². The molecular formula is C12H13BrO3. The maximum absolute atomic E-state index is 11.1. The summed E-state index contributed by atoms with van der Waals surface area (Å²) in [5.41, 5.74) is 1.08. The first kappa shape index (κ1) is 11.5. The molecule has 3 nitrogen and oxygen atoms in total. The minimum Gasteiger partial charge on any atom is -0.492 e. The van der Waals surface area contributed by atoms with Crippen LogP contribution in [0.2, 0.25) is 0 Å². The number of halogens is 1. The van der Waals surface area contributed by atoms with Gasteiger partial charge in [-0.2, -0.15) is 0 Å². The molecule has 1 aliphatic carbocycles. The number of carbonyl (C=O) groups is 1. The van der Waals surface area contributed by atoms with Crippen molar-refractivity contribution in [2.45, 2.75) is 19.8 Å². The van der Waals surface area contributed by atoms with Gasteiger partial charge in [-0.25, -0.2) is 4.79 Å². The predicted molar refractivity (Wildman–Crippen MR) is 64.1 cm³/mol. The summed E-state index contributed by atoms with van der Waals surface area (Å²) >= 11 is 3.29. The fourth-order valence-corrected chi connectivity index (χ4v) is 2.14. The normalized spacial score (nSPS) is 14.9. The van der Waals surface area contributed by atoms with E-state index in [1.165, 1.54) is 12.8 Å². The minimum absolute atomic E-state index is 0.229. The van der Waals surface area contributed by atoms with E-state index in [1.807, 2.05) is 13.0 Å². The Morgan fingerprint density at radius 3 is 2.81 bits per heavy atom. The summed E-state index contributed by atoms with van der Waals surface area (Å²) in [5.74, 6) is 0.169. The second-order valence-electron chi connectivity index (χ2n) is 4.16. The van der Waals surface area contributed by atoms with Gasteiger partial charge in [-0.1, -0.05) is 15.9 Å². The summed E-state index contributed by atoms with van der Waals surface area (Å²) in [6.45, 7) is 2.49. The Hall–Kier alpha value is -1.03. The topological polar surface area (TPSA) is 46.5 Å². The van der Waals surface area contributed by atoms with Gasteiger partial charge in [-0.3, -0.25) is 0 Å². The van der Waals surface area contributed by atoms with Crippen molar-refractivity contribution in [3.8, 4) is 5.75 Å². The Morgan fingerprint density at radius 2 is 2.25 bits per heavy atom. The third kappa shape index (κ3) is 2.55. The number of ether oxygens (including phenoxy) is 1. The molecule has 0 amide bonds. The van der Waals surface area contributed by atoms with Crippen molar-refractivity contribution in [2.75, 3.05) is 6.61 Å². The Labute approximate surface area is 103 Å². The summed E-state index contributed by atoms with van der Waals surface area (Å²) in [6, 6.07) is 3.45. The van der Waals surface area contributed by atoms with E-state index in [0.29, 0.717) is 18.3 Å². The van der Waals surface area contributed by atoms with Crippen LogP contribution in [-0.4, -0.2) is 17.7 Å². The molecule has 1 aliphatic rings. The highest BCUT2D eigenvalue weighted by molar-refractivity contribution is 9.10. The Balaban J connectivity index is 2.27. The molecule has 0 heterocycles. The molecule has 0 atom stereocenters. The van der Waals surface area contributed by atoms with Crippen molar-refractivity contribution < 1.29 is 14.6 Å². The average molecular weight is 285 g/mol. The zero-order valence-corrected chi connectivity index (χ0v) is 10.6. The lowest BCUT2D eigenvalue weighted by Gasteiger charge is -2.12. The number of carboxylic acid groups (broad SMARTS) is 1. The van der Waals surface area contributed by atoms with E-state index >= 15 is 0 Å². The summed E-state index contributed by atoms with van der Waals surface area (Å²) < 4.78 is 6.37. The van der Waals surface area contributed by atoms with Crippen LogP contribution < -0.4 is 4.74 Å². The Morgan fingerprint density at radius 1 is 1.56 bits per heavy atom. The molecular weight excluding hydrogens is 272 g/mol. The van der Waals surface area contributed by atoms with Crippen LogP contribution in [0.1, 0.15) is 28.8 Å². The van der Waals surface area contributed by atoms with Gasteiger partial charge in [-0.15, -0.1) is 0 Å². The standard InChI is InChI=1S/C12H13BrO3/c1-7-4-9(13)5-10(12(14)15)11(7)16-6-8-2-3-8/h4-5,8H,2-3,6H2,1H3,(H,14,15). The van der Waals surface area contributed by atoms with E-state index in [4.69, 9.17) is 9.84 Å². The molecule has 0 radical (unpaired) electrons. The summed E-state index contributed by atoms with van der Waals surface area (Å²) in [4.78, 5) is 11.1. The predicted octanol–water partition coefficient (Wildman–Crippen LogP) is 3.24. The maximum Gasteiger partial charge on any atom is 0.339 e. The van der Waals surface area contributed by atoms with Gasteiger partial charge in [0.2, 0.25) is 0 Å². The summed E-state index contributed by atoms with van der Waals surface area (Å²) in [7, 11) is 0. The smallest absolute Gasteiger partial charge is 0.339 e. The summed E-state index contributed by atoms with van der Waals surface area (Å²) in [5, 5.41) is 9.09. The van der Waals surface area contributed by atoms with Crippen LogP contribution in [0, 0.1) is 12.8 Å². The Bertz CT molecular complexity index is 425. The number of carboxylic acids is 1. The quantitative estimate of drug-likeness (QED) is 0.923. The first-order chi connectivity index (χ1) is 7.58. The van der Waals surface area contributed by atoms with Crippen LogP contribution >= 0.6 is 15.9 Å². The van der Waals surface area contributed by atoms with Crippen LogP contribution in [0.3, 0.4) is 0 Å². The van der Waals surface area contributed by atoms with Crippen molar-refractivity contribution in [3.05, 3.63) is 27.7 Å². The SMILES string of the molecule is Cc1cc(Br)cc(C(=O)O)c1OCC1CC1. The van der Waals surface area contributed by atoms with Crippen molar-refractivity contribution in [1.82, 2.24) is 0 Å². The van der Waals surface area contributed by atoms with Crippen LogP contribution in [-0.2, 0) is 0 Å². The average Bonchev–Trinajstić information content (AvgIpc) is 2.98. The molecule has 2 rings (SSSR count). The molecule has 0 aliphatic heterocycles. The zero-order valence-electron chi connectivity index (χ0n) is 9.00. The van der Waals surface area contributed by atoms with Gasteiger partial charge in [0.25, 0.3) is 0 Å². The molecule has 1 aromatic rings. The minimum atomic E-state index is -0.949. The molecule has 0 saturated heterocycles. The van der Waals surface area contributed by atoms with E-state index < -0.39 is 5.97 Å². The van der Waals surface area contributed by atoms with Crippen LogP contribution in [0.15, 0.2) is 16.6 Å². The van der Waals surface area contributed by atoms with E-state index in [9.17, 15) is 4.79 Å². The fraction of sp³-hybridized carbons (Fsp3) is 0.417. The molecule has 0 aromatic heterocycles. The van der Waals surface area contributed by atoms with Gasteiger partial charge in [0.15, 0.2) is 0 Å². The molecule has 1 N–H and O–H groups in total. The highest BCUT2D eigenvalue weighted by atomic mass is 79.9. The second-order valence-corrected chi connectivity index (χ2v) is 5.07. The number of rotatable bonds is 4. The van der Waals surface area contributed by atoms with E-state index in [0.717, 1.165) is 10.0 Å². The molecule has 4 heteroatoms. The van der Waals surface area contributed by atoms with Gasteiger partial charge in [0, 0.05) is 4.47 Å². The van der Waals surface area contributed by atoms with Gasteiger partial charge < -0.3 is 9.84 Å². The van der Waals surface area contributed by atoms with E-state index in [1.54, 1.807) is 6.07 Å². The van der Waals surface area contributed by atoms with Crippen LogP contribution in [0.25, 0.3) is 0 Å². The summed E-state index contributed by atoms with van der Waals surface area (Å²) in [6.07, 6.45) is 2.38. The molecule has 1 aromatic carbocycles. The first-order valence-electron chi connectivity index (χ1n) is 5.24. The van der Waals surface area contributed by atoms with Crippen molar-refractivity contribution in [1.29, 1.82) is 0 Å². The number of hydrogen-bond acceptors (Lipinski definition) is 2. The molecule has 0 unspecified atom stereocenters. The van der Waals surface area contributed by atoms with Crippen LogP contribution in [0.5, 0.6) is 5.75 Å². The third-order valence-corrected chi connectivity index (χ3v) is 3.09. The zero-order chi connectivity index (χ0) is 11.7. The molecule has 0 bridgehead atoms. The number of benzene rings is 1. The number of aromatic carboxylic acids is 1.